The lowest BCUT2D eigenvalue weighted by Crippen LogP contribution is -1.92. The van der Waals surface area contributed by atoms with Crippen LogP contribution in [-0.4, -0.2) is 9.19 Å². The van der Waals surface area contributed by atoms with E-state index in [0.29, 0.717) is 26.2 Å². The summed E-state index contributed by atoms with van der Waals surface area (Å²) in [6.07, 6.45) is 0. The third-order valence-electron chi connectivity index (χ3n) is 3.20. The highest BCUT2D eigenvalue weighted by Gasteiger charge is 2.15. The van der Waals surface area contributed by atoms with Crippen molar-refractivity contribution in [2.45, 2.75) is 9.92 Å². The van der Waals surface area contributed by atoms with Crippen LogP contribution >= 0.6 is 11.6 Å². The lowest BCUT2D eigenvalue weighted by Gasteiger charge is -2.01. The van der Waals surface area contributed by atoms with Crippen LogP contribution in [0.25, 0.3) is 11.3 Å². The van der Waals surface area contributed by atoms with E-state index in [-0.39, 0.29) is 0 Å². The molecule has 108 valence electrons. The molecular formula is C17H11ClN2OS. The summed E-state index contributed by atoms with van der Waals surface area (Å²) in [5, 5.41) is 10.4. The SMILES string of the molecule is N#Cc1cc(S(=O)c2ccccc2)[nH]c1-c1ccc(Cl)cc1. The lowest BCUT2D eigenvalue weighted by atomic mass is 10.1. The van der Waals surface area contributed by atoms with Crippen molar-refractivity contribution in [1.29, 1.82) is 5.26 Å². The van der Waals surface area contributed by atoms with Crippen LogP contribution in [0.4, 0.5) is 0 Å². The Bertz CT molecular complexity index is 864. The molecule has 0 aliphatic heterocycles. The normalized spacial score (nSPS) is 11.8. The maximum atomic E-state index is 12.6. The number of nitriles is 1. The molecule has 0 bridgehead atoms. The van der Waals surface area contributed by atoms with Crippen LogP contribution in [0.15, 0.2) is 70.6 Å². The summed E-state index contributed by atoms with van der Waals surface area (Å²) in [5.41, 5.74) is 1.94. The van der Waals surface area contributed by atoms with Crippen molar-refractivity contribution in [3.8, 4) is 17.3 Å². The Balaban J connectivity index is 2.04. The predicted molar refractivity (Wildman–Crippen MR) is 87.1 cm³/mol. The minimum atomic E-state index is -1.35. The Morgan fingerprint density at radius 3 is 2.36 bits per heavy atom. The van der Waals surface area contributed by atoms with E-state index >= 15 is 0 Å². The van der Waals surface area contributed by atoms with Crippen LogP contribution in [0.2, 0.25) is 5.02 Å². The van der Waals surface area contributed by atoms with Crippen molar-refractivity contribution in [3.05, 3.63) is 71.2 Å². The van der Waals surface area contributed by atoms with E-state index in [1.165, 1.54) is 0 Å². The Morgan fingerprint density at radius 1 is 1.05 bits per heavy atom. The zero-order valence-electron chi connectivity index (χ0n) is 11.4. The fourth-order valence-corrected chi connectivity index (χ4v) is 3.34. The van der Waals surface area contributed by atoms with E-state index in [4.69, 9.17) is 11.6 Å². The zero-order valence-corrected chi connectivity index (χ0v) is 13.0. The number of hydrogen-bond acceptors (Lipinski definition) is 2. The van der Waals surface area contributed by atoms with Gasteiger partial charge in [-0.15, -0.1) is 0 Å². The molecule has 3 nitrogen and oxygen atoms in total. The largest absolute Gasteiger partial charge is 0.346 e. The summed E-state index contributed by atoms with van der Waals surface area (Å²) in [6.45, 7) is 0. The molecule has 1 atom stereocenters. The summed E-state index contributed by atoms with van der Waals surface area (Å²) in [7, 11) is -1.35. The van der Waals surface area contributed by atoms with Crippen LogP contribution in [0, 0.1) is 11.3 Å². The smallest absolute Gasteiger partial charge is 0.110 e. The van der Waals surface area contributed by atoms with Gasteiger partial charge in [-0.2, -0.15) is 5.26 Å². The number of aromatic amines is 1. The maximum absolute atomic E-state index is 12.6. The molecule has 0 radical (unpaired) electrons. The van der Waals surface area contributed by atoms with Gasteiger partial charge in [0.25, 0.3) is 0 Å². The molecule has 1 N–H and O–H groups in total. The predicted octanol–water partition coefficient (Wildman–Crippen LogP) is 4.37. The van der Waals surface area contributed by atoms with Gasteiger partial charge in [-0.05, 0) is 35.9 Å². The Labute approximate surface area is 135 Å². The highest BCUT2D eigenvalue weighted by Crippen LogP contribution is 2.27. The van der Waals surface area contributed by atoms with E-state index in [2.05, 4.69) is 11.1 Å². The number of nitrogens with one attached hydrogen (secondary N) is 1. The van der Waals surface area contributed by atoms with Crippen molar-refractivity contribution in [1.82, 2.24) is 4.98 Å². The Kier molecular flexibility index (Phi) is 4.10. The summed E-state index contributed by atoms with van der Waals surface area (Å²) in [6, 6.07) is 20.1. The van der Waals surface area contributed by atoms with Crippen molar-refractivity contribution >= 4 is 22.4 Å². The molecule has 3 rings (SSSR count). The Morgan fingerprint density at radius 2 is 1.73 bits per heavy atom. The minimum Gasteiger partial charge on any atom is -0.346 e. The summed E-state index contributed by atoms with van der Waals surface area (Å²) in [5.74, 6) is 0. The average molecular weight is 327 g/mol. The van der Waals surface area contributed by atoms with Crippen molar-refractivity contribution in [3.63, 3.8) is 0 Å². The van der Waals surface area contributed by atoms with Crippen molar-refractivity contribution < 1.29 is 4.21 Å². The molecule has 2 aromatic carbocycles. The second kappa shape index (κ2) is 6.18. The molecule has 0 saturated carbocycles. The fraction of sp³-hybridized carbons (Fsp3) is 0. The standard InChI is InChI=1S/C17H11ClN2OS/c18-14-8-6-12(7-9-14)17-13(11-19)10-16(20-17)22(21)15-4-2-1-3-5-15/h1-10,20H. The molecule has 0 aliphatic rings. The highest BCUT2D eigenvalue weighted by molar-refractivity contribution is 7.85. The molecule has 0 spiro atoms. The fourth-order valence-electron chi connectivity index (χ4n) is 2.13. The van der Waals surface area contributed by atoms with Crippen LogP contribution < -0.4 is 0 Å². The summed E-state index contributed by atoms with van der Waals surface area (Å²) >= 11 is 5.88. The van der Waals surface area contributed by atoms with Gasteiger partial charge < -0.3 is 4.98 Å². The second-order valence-electron chi connectivity index (χ2n) is 4.62. The van der Waals surface area contributed by atoms with Gasteiger partial charge in [0, 0.05) is 9.92 Å². The van der Waals surface area contributed by atoms with Gasteiger partial charge in [0.2, 0.25) is 0 Å². The van der Waals surface area contributed by atoms with E-state index in [9.17, 15) is 9.47 Å². The average Bonchev–Trinajstić information content (AvgIpc) is 3.00. The molecule has 1 unspecified atom stereocenters. The quantitative estimate of drug-likeness (QED) is 0.776. The van der Waals surface area contributed by atoms with Crippen LogP contribution in [-0.2, 0) is 10.8 Å². The molecule has 3 aromatic rings. The molecule has 5 heteroatoms. The number of H-pyrrole nitrogens is 1. The number of rotatable bonds is 3. The van der Waals surface area contributed by atoms with Gasteiger partial charge in [0.05, 0.1) is 11.3 Å². The molecule has 0 saturated heterocycles. The highest BCUT2D eigenvalue weighted by atomic mass is 35.5. The van der Waals surface area contributed by atoms with E-state index in [0.717, 1.165) is 5.56 Å². The van der Waals surface area contributed by atoms with Gasteiger partial charge in [-0.3, -0.25) is 0 Å². The van der Waals surface area contributed by atoms with Gasteiger partial charge in [0.15, 0.2) is 0 Å². The number of nitrogens with zero attached hydrogens (tertiary/aromatic N) is 1. The topological polar surface area (TPSA) is 56.6 Å². The van der Waals surface area contributed by atoms with Gasteiger partial charge in [-0.1, -0.05) is 41.9 Å². The first-order valence-corrected chi connectivity index (χ1v) is 8.07. The molecular weight excluding hydrogens is 316 g/mol. The molecule has 1 aromatic heterocycles. The van der Waals surface area contributed by atoms with E-state index in [1.54, 1.807) is 30.3 Å². The third-order valence-corrected chi connectivity index (χ3v) is 4.78. The van der Waals surface area contributed by atoms with Gasteiger partial charge >= 0.3 is 0 Å². The van der Waals surface area contributed by atoms with Crippen LogP contribution in [0.5, 0.6) is 0 Å². The zero-order chi connectivity index (χ0) is 15.5. The van der Waals surface area contributed by atoms with Crippen LogP contribution in [0.1, 0.15) is 5.56 Å². The molecule has 0 aliphatic carbocycles. The maximum Gasteiger partial charge on any atom is 0.110 e. The molecule has 0 amide bonds. The number of benzene rings is 2. The number of aromatic nitrogens is 1. The minimum absolute atomic E-state index is 0.460. The lowest BCUT2D eigenvalue weighted by molar-refractivity contribution is 0.681. The summed E-state index contributed by atoms with van der Waals surface area (Å²) in [4.78, 5) is 3.79. The van der Waals surface area contributed by atoms with Gasteiger partial charge in [-0.25, -0.2) is 4.21 Å². The first kappa shape index (κ1) is 14.6. The van der Waals surface area contributed by atoms with Crippen molar-refractivity contribution in [2.24, 2.45) is 0 Å². The number of hydrogen-bond donors (Lipinski definition) is 1. The summed E-state index contributed by atoms with van der Waals surface area (Å²) < 4.78 is 12.6. The first-order valence-electron chi connectivity index (χ1n) is 6.55. The first-order chi connectivity index (χ1) is 10.7. The second-order valence-corrected chi connectivity index (χ2v) is 6.51. The number of halogens is 1. The van der Waals surface area contributed by atoms with Gasteiger partial charge in [0.1, 0.15) is 21.9 Å². The molecule has 1 heterocycles. The monoisotopic (exact) mass is 326 g/mol. The van der Waals surface area contributed by atoms with Crippen LogP contribution in [0.3, 0.4) is 0 Å². The molecule has 0 fully saturated rings. The Hall–Kier alpha value is -2.35. The van der Waals surface area contributed by atoms with E-state index < -0.39 is 10.8 Å². The van der Waals surface area contributed by atoms with Crippen molar-refractivity contribution in [2.75, 3.05) is 0 Å². The third kappa shape index (κ3) is 2.82. The van der Waals surface area contributed by atoms with E-state index in [1.807, 2.05) is 30.3 Å². The molecule has 22 heavy (non-hydrogen) atoms.